The van der Waals surface area contributed by atoms with Gasteiger partial charge in [-0.3, -0.25) is 14.9 Å². The lowest BCUT2D eigenvalue weighted by Gasteiger charge is -2.21. The number of pyridine rings is 2. The van der Waals surface area contributed by atoms with E-state index >= 15 is 0 Å². The van der Waals surface area contributed by atoms with Crippen molar-refractivity contribution in [2.24, 2.45) is 0 Å². The Hall–Kier alpha value is -4.18. The van der Waals surface area contributed by atoms with Gasteiger partial charge >= 0.3 is 11.9 Å². The molecule has 0 amide bonds. The summed E-state index contributed by atoms with van der Waals surface area (Å²) < 4.78 is 0. The minimum atomic E-state index is -1.04. The Morgan fingerprint density at radius 3 is 1.95 bits per heavy atom. The molecule has 0 unspecified atom stereocenters. The zero-order chi connectivity index (χ0) is 28.6. The minimum Gasteiger partial charge on any atom is -0.478 e. The van der Waals surface area contributed by atoms with Crippen LogP contribution in [0.3, 0.4) is 0 Å². The molecule has 0 atom stereocenters. The second kappa shape index (κ2) is 13.3. The summed E-state index contributed by atoms with van der Waals surface area (Å²) in [5.74, 6) is -2.06. The van der Waals surface area contributed by atoms with Crippen LogP contribution in [0.25, 0.3) is 0 Å². The molecule has 206 valence electrons. The fourth-order valence-electron chi connectivity index (χ4n) is 4.28. The van der Waals surface area contributed by atoms with E-state index in [0.717, 1.165) is 22.3 Å². The van der Waals surface area contributed by atoms with Crippen molar-refractivity contribution < 1.29 is 19.8 Å². The molecule has 2 aromatic heterocycles. The highest BCUT2D eigenvalue weighted by atomic mass is 35.5. The Kier molecular flexibility index (Phi) is 9.55. The zero-order valence-corrected chi connectivity index (χ0v) is 23.1. The van der Waals surface area contributed by atoms with Gasteiger partial charge in [-0.1, -0.05) is 53.5 Å². The molecule has 0 aliphatic carbocycles. The van der Waals surface area contributed by atoms with E-state index in [2.05, 4.69) is 25.5 Å². The molecule has 4 rings (SSSR count). The molecular formula is C29H27Cl2N5O4. The highest BCUT2D eigenvalue weighted by Gasteiger charge is 2.15. The van der Waals surface area contributed by atoms with Crippen LogP contribution in [0.2, 0.25) is 10.0 Å². The molecule has 9 nitrogen and oxygen atoms in total. The lowest BCUT2D eigenvalue weighted by molar-refractivity contribution is 0.0687. The maximum atomic E-state index is 11.5. The number of anilines is 2. The fraction of sp³-hybridized carbons (Fsp3) is 0.172. The first-order valence-corrected chi connectivity index (χ1v) is 13.0. The first-order chi connectivity index (χ1) is 19.2. The van der Waals surface area contributed by atoms with Gasteiger partial charge in [0.15, 0.2) is 0 Å². The van der Waals surface area contributed by atoms with Gasteiger partial charge in [0.05, 0.1) is 44.9 Å². The van der Waals surface area contributed by atoms with Crippen LogP contribution < -0.4 is 10.6 Å². The maximum Gasteiger partial charge on any atom is 0.337 e. The van der Waals surface area contributed by atoms with Crippen LogP contribution in [0.1, 0.15) is 43.0 Å². The normalized spacial score (nSPS) is 10.9. The summed E-state index contributed by atoms with van der Waals surface area (Å²) in [4.78, 5) is 33.2. The number of aromatic carboxylic acids is 2. The van der Waals surface area contributed by atoms with E-state index in [9.17, 15) is 19.8 Å². The summed E-state index contributed by atoms with van der Waals surface area (Å²) in [5, 5.41) is 26.0. The van der Waals surface area contributed by atoms with Crippen molar-refractivity contribution in [3.63, 3.8) is 0 Å². The molecule has 0 bridgehead atoms. The molecule has 4 N–H and O–H groups in total. The van der Waals surface area contributed by atoms with Gasteiger partial charge < -0.3 is 20.8 Å². The van der Waals surface area contributed by atoms with Gasteiger partial charge in [-0.25, -0.2) is 9.59 Å². The molecule has 0 radical (unpaired) electrons. The molecule has 0 saturated carbocycles. The molecule has 40 heavy (non-hydrogen) atoms. The Morgan fingerprint density at radius 1 is 0.800 bits per heavy atom. The highest BCUT2D eigenvalue weighted by molar-refractivity contribution is 6.42. The second-order valence-corrected chi connectivity index (χ2v) is 9.94. The summed E-state index contributed by atoms with van der Waals surface area (Å²) in [5.41, 5.74) is 4.90. The van der Waals surface area contributed by atoms with E-state index in [1.807, 2.05) is 37.4 Å². The minimum absolute atomic E-state index is 0.130. The van der Waals surface area contributed by atoms with Gasteiger partial charge in [0.25, 0.3) is 0 Å². The van der Waals surface area contributed by atoms with Crippen LogP contribution in [0.4, 0.5) is 11.4 Å². The molecule has 4 aromatic rings. The molecular weight excluding hydrogens is 553 g/mol. The predicted molar refractivity (Wildman–Crippen MR) is 155 cm³/mol. The average molecular weight is 580 g/mol. The van der Waals surface area contributed by atoms with Crippen LogP contribution in [0.15, 0.2) is 73.3 Å². The van der Waals surface area contributed by atoms with Crippen LogP contribution >= 0.6 is 23.2 Å². The van der Waals surface area contributed by atoms with Gasteiger partial charge in [-0.2, -0.15) is 0 Å². The standard InChI is InChI=1S/C29H27Cl2N5O4/c1-36(16-20-5-3-2-4-19(20)13-35-26-15-33-9-7-23(26)29(39)40)17-21-10-18(11-24(30)27(21)31)12-34-25-14-32-8-6-22(25)28(37)38/h2-11,14-15,34-35H,12-13,16-17H2,1H3,(H,37,38)(H,39,40). The van der Waals surface area contributed by atoms with Crippen LogP contribution in [-0.2, 0) is 26.2 Å². The lowest BCUT2D eigenvalue weighted by atomic mass is 10.1. The number of benzene rings is 2. The van der Waals surface area contributed by atoms with Crippen LogP contribution in [0.5, 0.6) is 0 Å². The SMILES string of the molecule is CN(Cc1ccccc1CNc1cnccc1C(=O)O)Cc1cc(CNc2cnccc2C(=O)O)cc(Cl)c1Cl. The van der Waals surface area contributed by atoms with Crippen molar-refractivity contribution in [1.82, 2.24) is 14.9 Å². The van der Waals surface area contributed by atoms with Gasteiger partial charge in [-0.15, -0.1) is 0 Å². The van der Waals surface area contributed by atoms with Gasteiger partial charge in [0.1, 0.15) is 0 Å². The molecule has 0 aliphatic heterocycles. The van der Waals surface area contributed by atoms with E-state index in [1.165, 1.54) is 36.9 Å². The number of aromatic nitrogens is 2. The quantitative estimate of drug-likeness (QED) is 0.159. The monoisotopic (exact) mass is 579 g/mol. The van der Waals surface area contributed by atoms with E-state index in [0.29, 0.717) is 47.6 Å². The number of hydrogen-bond donors (Lipinski definition) is 4. The summed E-state index contributed by atoms with van der Waals surface area (Å²) in [6.07, 6.45) is 5.86. The molecule has 0 spiro atoms. The Balaban J connectivity index is 1.45. The molecule has 0 aliphatic rings. The number of nitrogens with zero attached hydrogens (tertiary/aromatic N) is 3. The maximum absolute atomic E-state index is 11.5. The summed E-state index contributed by atoms with van der Waals surface area (Å²) in [6.45, 7) is 1.87. The smallest absolute Gasteiger partial charge is 0.337 e. The van der Waals surface area contributed by atoms with E-state index in [1.54, 1.807) is 6.07 Å². The van der Waals surface area contributed by atoms with Crippen molar-refractivity contribution in [3.8, 4) is 0 Å². The van der Waals surface area contributed by atoms with Crippen molar-refractivity contribution in [2.75, 3.05) is 17.7 Å². The first kappa shape index (κ1) is 28.8. The number of halogens is 2. The van der Waals surface area contributed by atoms with Crippen molar-refractivity contribution in [2.45, 2.75) is 26.2 Å². The van der Waals surface area contributed by atoms with Gasteiger partial charge in [0, 0.05) is 38.6 Å². The highest BCUT2D eigenvalue weighted by Crippen LogP contribution is 2.30. The Morgan fingerprint density at radius 2 is 1.35 bits per heavy atom. The largest absolute Gasteiger partial charge is 0.478 e. The van der Waals surface area contributed by atoms with E-state index < -0.39 is 11.9 Å². The third kappa shape index (κ3) is 7.26. The van der Waals surface area contributed by atoms with Crippen molar-refractivity contribution in [1.29, 1.82) is 0 Å². The predicted octanol–water partition coefficient (Wildman–Crippen LogP) is 6.04. The van der Waals surface area contributed by atoms with Gasteiger partial charge in [-0.05, 0) is 47.5 Å². The number of nitrogens with one attached hydrogen (secondary N) is 2. The third-order valence-electron chi connectivity index (χ3n) is 6.22. The molecule has 2 heterocycles. The Labute approximate surface area is 241 Å². The van der Waals surface area contributed by atoms with Crippen molar-refractivity contribution in [3.05, 3.63) is 117 Å². The van der Waals surface area contributed by atoms with E-state index in [4.69, 9.17) is 23.2 Å². The van der Waals surface area contributed by atoms with Gasteiger partial charge in [0.2, 0.25) is 0 Å². The average Bonchev–Trinajstić information content (AvgIpc) is 2.94. The number of rotatable bonds is 12. The summed E-state index contributed by atoms with van der Waals surface area (Å²) >= 11 is 13.0. The molecule has 11 heteroatoms. The van der Waals surface area contributed by atoms with Crippen LogP contribution in [0, 0.1) is 0 Å². The molecule has 0 saturated heterocycles. The number of carbonyl (C=O) groups is 2. The number of carboxylic acid groups (broad SMARTS) is 2. The second-order valence-electron chi connectivity index (χ2n) is 9.15. The first-order valence-electron chi connectivity index (χ1n) is 12.3. The zero-order valence-electron chi connectivity index (χ0n) is 21.6. The topological polar surface area (TPSA) is 128 Å². The Bertz CT molecular complexity index is 1530. The fourth-order valence-corrected chi connectivity index (χ4v) is 4.71. The third-order valence-corrected chi connectivity index (χ3v) is 7.06. The summed E-state index contributed by atoms with van der Waals surface area (Å²) in [6, 6.07) is 14.5. The number of carboxylic acids is 2. The summed E-state index contributed by atoms with van der Waals surface area (Å²) in [7, 11) is 1.97. The van der Waals surface area contributed by atoms with E-state index in [-0.39, 0.29) is 11.1 Å². The number of hydrogen-bond acceptors (Lipinski definition) is 7. The lowest BCUT2D eigenvalue weighted by Crippen LogP contribution is -2.19. The van der Waals surface area contributed by atoms with Crippen LogP contribution in [-0.4, -0.2) is 44.1 Å². The molecule has 0 fully saturated rings. The van der Waals surface area contributed by atoms with Crippen molar-refractivity contribution >= 4 is 46.5 Å². The molecule has 2 aromatic carbocycles.